The fraction of sp³-hybridized carbons (Fsp3) is 0.267. The van der Waals surface area contributed by atoms with Crippen LogP contribution in [0.3, 0.4) is 0 Å². The van der Waals surface area contributed by atoms with Crippen LogP contribution in [0.5, 0.6) is 11.5 Å². The number of carboxylic acids is 1. The van der Waals surface area contributed by atoms with E-state index in [-0.39, 0.29) is 12.3 Å². The van der Waals surface area contributed by atoms with Crippen molar-refractivity contribution in [3.8, 4) is 11.5 Å². The summed E-state index contributed by atoms with van der Waals surface area (Å²) in [6.45, 7) is 3.83. The number of carbonyl (C=O) groups is 2. The number of hydrogen-bond donors (Lipinski definition) is 1. The second-order valence-corrected chi connectivity index (χ2v) is 9.30. The summed E-state index contributed by atoms with van der Waals surface area (Å²) in [5.74, 6) is -1.46. The minimum Gasteiger partial charge on any atom is -0.497 e. The zero-order valence-electron chi connectivity index (χ0n) is 21.7. The average molecular weight is 540 g/mol. The number of aliphatic carboxylic acids is 1. The molecule has 1 heterocycles. The van der Waals surface area contributed by atoms with E-state index >= 15 is 0 Å². The second-order valence-electron chi connectivity index (χ2n) is 9.30. The molecular formula is C30H28F3NO5. The number of aromatic nitrogens is 1. The van der Waals surface area contributed by atoms with E-state index in [9.17, 15) is 27.9 Å². The molecule has 1 N–H and O–H groups in total. The van der Waals surface area contributed by atoms with Crippen LogP contribution in [0, 0.1) is 12.8 Å². The number of carbonyl (C=O) groups excluding carboxylic acids is 1. The van der Waals surface area contributed by atoms with Crippen molar-refractivity contribution in [2.75, 3.05) is 7.11 Å². The SMILES string of the molecule is CCC(Cc1cccc(Cn2c(C)c(C(=O)c3ccc(OC)cc3)c3ccc(OC(F)(F)F)cc32)c1)C(=O)O. The first-order valence-electron chi connectivity index (χ1n) is 12.4. The molecule has 0 aliphatic rings. The molecule has 0 fully saturated rings. The van der Waals surface area contributed by atoms with Crippen LogP contribution in [-0.4, -0.2) is 34.9 Å². The van der Waals surface area contributed by atoms with Crippen molar-refractivity contribution in [3.05, 3.63) is 94.7 Å². The number of benzene rings is 3. The minimum atomic E-state index is -4.86. The lowest BCUT2D eigenvalue weighted by atomic mass is 9.96. The van der Waals surface area contributed by atoms with Gasteiger partial charge in [0.2, 0.25) is 0 Å². The smallest absolute Gasteiger partial charge is 0.497 e. The van der Waals surface area contributed by atoms with E-state index in [0.29, 0.717) is 46.3 Å². The van der Waals surface area contributed by atoms with Crippen LogP contribution in [0.15, 0.2) is 66.7 Å². The quantitative estimate of drug-likeness (QED) is 0.225. The molecule has 1 atom stereocenters. The maximum Gasteiger partial charge on any atom is 0.573 e. The highest BCUT2D eigenvalue weighted by Gasteiger charge is 2.32. The number of halogens is 3. The first-order chi connectivity index (χ1) is 18.5. The highest BCUT2D eigenvalue weighted by Crippen LogP contribution is 2.34. The molecule has 1 unspecified atom stereocenters. The Hall–Kier alpha value is -4.27. The summed E-state index contributed by atoms with van der Waals surface area (Å²) in [6, 6.07) is 18.0. The van der Waals surface area contributed by atoms with E-state index in [0.717, 1.165) is 11.1 Å². The monoisotopic (exact) mass is 539 g/mol. The highest BCUT2D eigenvalue weighted by atomic mass is 19.4. The number of nitrogens with zero attached hydrogens (tertiary/aromatic N) is 1. The van der Waals surface area contributed by atoms with Crippen molar-refractivity contribution < 1.29 is 37.3 Å². The number of alkyl halides is 3. The average Bonchev–Trinajstić information content (AvgIpc) is 3.16. The fourth-order valence-electron chi connectivity index (χ4n) is 4.76. The van der Waals surface area contributed by atoms with Crippen LogP contribution in [0.1, 0.15) is 46.1 Å². The van der Waals surface area contributed by atoms with Crippen molar-refractivity contribution in [2.45, 2.75) is 39.6 Å². The highest BCUT2D eigenvalue weighted by molar-refractivity contribution is 6.17. The Bertz CT molecular complexity index is 1510. The molecule has 204 valence electrons. The Labute approximate surface area is 223 Å². The zero-order chi connectivity index (χ0) is 28.3. The van der Waals surface area contributed by atoms with Crippen LogP contribution in [-0.2, 0) is 17.8 Å². The number of fused-ring (bicyclic) bond motifs is 1. The maximum atomic E-state index is 13.6. The summed E-state index contributed by atoms with van der Waals surface area (Å²) in [7, 11) is 1.52. The number of ketones is 1. The molecule has 6 nitrogen and oxygen atoms in total. The molecule has 0 bridgehead atoms. The Balaban J connectivity index is 1.79. The van der Waals surface area contributed by atoms with E-state index in [2.05, 4.69) is 4.74 Å². The Morgan fingerprint density at radius 1 is 0.974 bits per heavy atom. The Morgan fingerprint density at radius 2 is 1.64 bits per heavy atom. The summed E-state index contributed by atoms with van der Waals surface area (Å²) in [5.41, 5.74) is 3.44. The Kier molecular flexibility index (Phi) is 7.99. The molecule has 0 aliphatic carbocycles. The van der Waals surface area contributed by atoms with E-state index in [1.807, 2.05) is 31.2 Å². The van der Waals surface area contributed by atoms with Gasteiger partial charge in [0.15, 0.2) is 5.78 Å². The lowest BCUT2D eigenvalue weighted by Crippen LogP contribution is -2.17. The molecule has 1 aromatic heterocycles. The molecule has 0 saturated heterocycles. The van der Waals surface area contributed by atoms with Gasteiger partial charge in [-0.3, -0.25) is 9.59 Å². The van der Waals surface area contributed by atoms with Crippen molar-refractivity contribution in [1.82, 2.24) is 4.57 Å². The second kappa shape index (κ2) is 11.2. The van der Waals surface area contributed by atoms with Crippen LogP contribution in [0.2, 0.25) is 0 Å². The molecule has 0 aliphatic heterocycles. The van der Waals surface area contributed by atoms with Gasteiger partial charge in [-0.25, -0.2) is 0 Å². The topological polar surface area (TPSA) is 77.8 Å². The van der Waals surface area contributed by atoms with E-state index in [4.69, 9.17) is 4.74 Å². The molecule has 9 heteroatoms. The molecule has 3 aromatic carbocycles. The van der Waals surface area contributed by atoms with Crippen LogP contribution in [0.25, 0.3) is 10.9 Å². The predicted octanol–water partition coefficient (Wildman–Crippen LogP) is 6.79. The van der Waals surface area contributed by atoms with Crippen LogP contribution in [0.4, 0.5) is 13.2 Å². The zero-order valence-corrected chi connectivity index (χ0v) is 21.7. The third-order valence-corrected chi connectivity index (χ3v) is 6.77. The number of ether oxygens (including phenoxy) is 2. The van der Waals surface area contributed by atoms with E-state index in [1.54, 1.807) is 35.8 Å². The van der Waals surface area contributed by atoms with Crippen molar-refractivity contribution in [2.24, 2.45) is 5.92 Å². The number of hydrogen-bond acceptors (Lipinski definition) is 4. The third-order valence-electron chi connectivity index (χ3n) is 6.77. The van der Waals surface area contributed by atoms with Gasteiger partial charge in [-0.05, 0) is 67.3 Å². The molecule has 0 saturated carbocycles. The van der Waals surface area contributed by atoms with E-state index in [1.165, 1.54) is 25.3 Å². The first-order valence-corrected chi connectivity index (χ1v) is 12.4. The molecule has 0 amide bonds. The molecule has 4 aromatic rings. The molecule has 4 rings (SSSR count). The van der Waals surface area contributed by atoms with Crippen molar-refractivity contribution in [1.29, 1.82) is 0 Å². The standard InChI is InChI=1S/C30H28F3NO5/c1-4-21(29(36)37)15-19-6-5-7-20(14-19)17-34-18(2)27(28(35)22-8-10-23(38-3)11-9-22)25-13-12-24(16-26(25)34)39-30(31,32)33/h5-14,16,21H,4,15,17H2,1-3H3,(H,36,37). The van der Waals surface area contributed by atoms with Crippen LogP contribution < -0.4 is 9.47 Å². The van der Waals surface area contributed by atoms with Gasteiger partial charge in [0.1, 0.15) is 11.5 Å². The van der Waals surface area contributed by atoms with E-state index < -0.39 is 24.0 Å². The molecule has 0 radical (unpaired) electrons. The molecule has 0 spiro atoms. The summed E-state index contributed by atoms with van der Waals surface area (Å²) >= 11 is 0. The van der Waals surface area contributed by atoms with Crippen molar-refractivity contribution >= 4 is 22.7 Å². The summed E-state index contributed by atoms with van der Waals surface area (Å²) in [5, 5.41) is 9.94. The molecular weight excluding hydrogens is 511 g/mol. The number of methoxy groups -OCH3 is 1. The van der Waals surface area contributed by atoms with Gasteiger partial charge >= 0.3 is 12.3 Å². The molecule has 39 heavy (non-hydrogen) atoms. The number of rotatable bonds is 10. The Morgan fingerprint density at radius 3 is 2.26 bits per heavy atom. The summed E-state index contributed by atoms with van der Waals surface area (Å²) < 4.78 is 50.1. The predicted molar refractivity (Wildman–Crippen MR) is 140 cm³/mol. The largest absolute Gasteiger partial charge is 0.573 e. The summed E-state index contributed by atoms with van der Waals surface area (Å²) in [4.78, 5) is 25.1. The lowest BCUT2D eigenvalue weighted by molar-refractivity contribution is -0.274. The lowest BCUT2D eigenvalue weighted by Gasteiger charge is -2.13. The number of carboxylic acid groups (broad SMARTS) is 1. The van der Waals surface area contributed by atoms with Gasteiger partial charge in [-0.1, -0.05) is 31.2 Å². The minimum absolute atomic E-state index is 0.255. The maximum absolute atomic E-state index is 13.6. The fourth-order valence-corrected chi connectivity index (χ4v) is 4.76. The van der Waals surface area contributed by atoms with Gasteiger partial charge in [-0.15, -0.1) is 13.2 Å². The van der Waals surface area contributed by atoms with Gasteiger partial charge in [-0.2, -0.15) is 0 Å². The summed E-state index contributed by atoms with van der Waals surface area (Å²) in [6.07, 6.45) is -4.02. The van der Waals surface area contributed by atoms with Crippen molar-refractivity contribution in [3.63, 3.8) is 0 Å². The van der Waals surface area contributed by atoms with Gasteiger partial charge < -0.3 is 19.1 Å². The van der Waals surface area contributed by atoms with Gasteiger partial charge in [0.05, 0.1) is 24.1 Å². The third kappa shape index (κ3) is 6.25. The van der Waals surface area contributed by atoms with Gasteiger partial charge in [0.25, 0.3) is 0 Å². The van der Waals surface area contributed by atoms with Crippen LogP contribution >= 0.6 is 0 Å². The van der Waals surface area contributed by atoms with Gasteiger partial charge in [0, 0.05) is 29.3 Å². The first kappa shape index (κ1) is 27.8. The normalized spacial score (nSPS) is 12.4.